The van der Waals surface area contributed by atoms with Gasteiger partial charge in [0.1, 0.15) is 0 Å². The van der Waals surface area contributed by atoms with Crippen LogP contribution >= 0.6 is 0 Å². The molecular formula is C15H16N2O2. The first kappa shape index (κ1) is 12.0. The summed E-state index contributed by atoms with van der Waals surface area (Å²) in [6, 6.07) is 9.67. The number of carbonyl (C=O) groups is 1. The molecule has 1 aliphatic rings. The van der Waals surface area contributed by atoms with Crippen LogP contribution in [0.15, 0.2) is 36.5 Å². The number of rotatable bonds is 4. The molecule has 1 fully saturated rings. The molecular weight excluding hydrogens is 240 g/mol. The third kappa shape index (κ3) is 2.26. The summed E-state index contributed by atoms with van der Waals surface area (Å²) in [6.45, 7) is 1.70. The summed E-state index contributed by atoms with van der Waals surface area (Å²) in [5.74, 6) is -0.639. The largest absolute Gasteiger partial charge is 0.481 e. The van der Waals surface area contributed by atoms with Crippen molar-refractivity contribution < 1.29 is 9.90 Å². The maximum atomic E-state index is 10.9. The van der Waals surface area contributed by atoms with Crippen molar-refractivity contribution in [3.05, 3.63) is 47.8 Å². The molecule has 1 aromatic heterocycles. The SMILES string of the molecule is CC(C(=O)O)c1ccc(-n2nccc2C2CC2)cc1. The van der Waals surface area contributed by atoms with Gasteiger partial charge in [-0.15, -0.1) is 0 Å². The van der Waals surface area contributed by atoms with E-state index in [2.05, 4.69) is 11.2 Å². The number of carboxylic acid groups (broad SMARTS) is 1. The molecule has 1 unspecified atom stereocenters. The lowest BCUT2D eigenvalue weighted by molar-refractivity contribution is -0.138. The topological polar surface area (TPSA) is 55.1 Å². The Morgan fingerprint density at radius 2 is 2.00 bits per heavy atom. The second kappa shape index (κ2) is 4.53. The lowest BCUT2D eigenvalue weighted by Crippen LogP contribution is -2.08. The minimum absolute atomic E-state index is 0.477. The predicted octanol–water partition coefficient (Wildman–Crippen LogP) is 2.94. The number of aromatic nitrogens is 2. The quantitative estimate of drug-likeness (QED) is 0.915. The second-order valence-electron chi connectivity index (χ2n) is 5.09. The maximum Gasteiger partial charge on any atom is 0.310 e. The first-order valence-electron chi connectivity index (χ1n) is 6.54. The van der Waals surface area contributed by atoms with Crippen LogP contribution in [0.2, 0.25) is 0 Å². The molecule has 1 atom stereocenters. The molecule has 1 saturated carbocycles. The Bertz CT molecular complexity index is 597. The van der Waals surface area contributed by atoms with Gasteiger partial charge in [0.2, 0.25) is 0 Å². The molecule has 98 valence electrons. The predicted molar refractivity (Wildman–Crippen MR) is 71.6 cm³/mol. The fourth-order valence-corrected chi connectivity index (χ4v) is 2.26. The number of hydrogen-bond acceptors (Lipinski definition) is 2. The molecule has 0 bridgehead atoms. The van der Waals surface area contributed by atoms with Crippen LogP contribution in [0.5, 0.6) is 0 Å². The molecule has 1 N–H and O–H groups in total. The van der Waals surface area contributed by atoms with E-state index in [4.69, 9.17) is 5.11 Å². The zero-order valence-electron chi connectivity index (χ0n) is 10.8. The van der Waals surface area contributed by atoms with Crippen LogP contribution in [0.4, 0.5) is 0 Å². The summed E-state index contributed by atoms with van der Waals surface area (Å²) in [4.78, 5) is 10.9. The minimum atomic E-state index is -0.800. The Hall–Kier alpha value is -2.10. The highest BCUT2D eigenvalue weighted by molar-refractivity contribution is 5.75. The highest BCUT2D eigenvalue weighted by Crippen LogP contribution is 2.40. The van der Waals surface area contributed by atoms with Crippen LogP contribution in [-0.2, 0) is 4.79 Å². The summed E-state index contributed by atoms with van der Waals surface area (Å²) in [5, 5.41) is 13.4. The van der Waals surface area contributed by atoms with Crippen molar-refractivity contribution in [2.24, 2.45) is 0 Å². The zero-order chi connectivity index (χ0) is 13.4. The van der Waals surface area contributed by atoms with Gasteiger partial charge >= 0.3 is 5.97 Å². The standard InChI is InChI=1S/C15H16N2O2/c1-10(15(18)19)11-4-6-13(7-5-11)17-14(8-9-16-17)12-2-3-12/h4-10,12H,2-3H2,1H3,(H,18,19). The molecule has 2 aromatic rings. The number of benzene rings is 1. The van der Waals surface area contributed by atoms with E-state index < -0.39 is 11.9 Å². The molecule has 1 heterocycles. The zero-order valence-corrected chi connectivity index (χ0v) is 10.8. The van der Waals surface area contributed by atoms with Crippen LogP contribution in [-0.4, -0.2) is 20.9 Å². The van der Waals surface area contributed by atoms with Crippen molar-refractivity contribution in [1.29, 1.82) is 0 Å². The Kier molecular flexibility index (Phi) is 2.85. The van der Waals surface area contributed by atoms with Gasteiger partial charge in [-0.25, -0.2) is 4.68 Å². The van der Waals surface area contributed by atoms with Gasteiger partial charge in [0.15, 0.2) is 0 Å². The van der Waals surface area contributed by atoms with Gasteiger partial charge in [-0.2, -0.15) is 5.10 Å². The van der Waals surface area contributed by atoms with Gasteiger partial charge in [0.25, 0.3) is 0 Å². The van der Waals surface area contributed by atoms with E-state index in [1.165, 1.54) is 18.5 Å². The molecule has 0 aliphatic heterocycles. The molecule has 0 radical (unpaired) electrons. The minimum Gasteiger partial charge on any atom is -0.481 e. The van der Waals surface area contributed by atoms with Gasteiger partial charge in [-0.05, 0) is 43.5 Å². The smallest absolute Gasteiger partial charge is 0.310 e. The molecule has 4 nitrogen and oxygen atoms in total. The van der Waals surface area contributed by atoms with Gasteiger partial charge in [0.05, 0.1) is 11.6 Å². The van der Waals surface area contributed by atoms with Crippen molar-refractivity contribution in [1.82, 2.24) is 9.78 Å². The first-order valence-corrected chi connectivity index (χ1v) is 6.54. The van der Waals surface area contributed by atoms with Gasteiger partial charge in [-0.3, -0.25) is 4.79 Å². The van der Waals surface area contributed by atoms with Gasteiger partial charge < -0.3 is 5.11 Å². The van der Waals surface area contributed by atoms with Crippen molar-refractivity contribution in [2.45, 2.75) is 31.6 Å². The van der Waals surface area contributed by atoms with Gasteiger partial charge in [-0.1, -0.05) is 12.1 Å². The average Bonchev–Trinajstić information content (AvgIpc) is 3.15. The van der Waals surface area contributed by atoms with E-state index in [1.54, 1.807) is 6.92 Å². The monoisotopic (exact) mass is 256 g/mol. The molecule has 3 rings (SSSR count). The molecule has 0 spiro atoms. The Labute approximate surface area is 111 Å². The van der Waals surface area contributed by atoms with Crippen molar-refractivity contribution >= 4 is 5.97 Å². The fourth-order valence-electron chi connectivity index (χ4n) is 2.26. The van der Waals surface area contributed by atoms with Crippen LogP contribution in [0.25, 0.3) is 5.69 Å². The highest BCUT2D eigenvalue weighted by Gasteiger charge is 2.27. The van der Waals surface area contributed by atoms with E-state index in [-0.39, 0.29) is 0 Å². The van der Waals surface area contributed by atoms with E-state index in [0.29, 0.717) is 5.92 Å². The summed E-state index contributed by atoms with van der Waals surface area (Å²) >= 11 is 0. The highest BCUT2D eigenvalue weighted by atomic mass is 16.4. The molecule has 0 saturated heterocycles. The van der Waals surface area contributed by atoms with Crippen molar-refractivity contribution in [3.8, 4) is 5.69 Å². The number of aliphatic carboxylic acids is 1. The average molecular weight is 256 g/mol. The van der Waals surface area contributed by atoms with Crippen LogP contribution in [0.3, 0.4) is 0 Å². The second-order valence-corrected chi connectivity index (χ2v) is 5.09. The Balaban J connectivity index is 1.89. The molecule has 1 aliphatic carbocycles. The number of nitrogens with zero attached hydrogens (tertiary/aromatic N) is 2. The lowest BCUT2D eigenvalue weighted by atomic mass is 10.0. The van der Waals surface area contributed by atoms with E-state index in [9.17, 15) is 4.79 Å². The third-order valence-electron chi connectivity index (χ3n) is 3.68. The van der Waals surface area contributed by atoms with E-state index in [0.717, 1.165) is 11.3 Å². The summed E-state index contributed by atoms with van der Waals surface area (Å²) < 4.78 is 1.95. The van der Waals surface area contributed by atoms with E-state index in [1.807, 2.05) is 35.1 Å². The fraction of sp³-hybridized carbons (Fsp3) is 0.333. The number of carboxylic acids is 1. The Morgan fingerprint density at radius 3 is 2.58 bits per heavy atom. The van der Waals surface area contributed by atoms with Gasteiger partial charge in [0, 0.05) is 17.8 Å². The van der Waals surface area contributed by atoms with E-state index >= 15 is 0 Å². The van der Waals surface area contributed by atoms with Crippen molar-refractivity contribution in [2.75, 3.05) is 0 Å². The molecule has 0 amide bonds. The normalized spacial score (nSPS) is 16.3. The van der Waals surface area contributed by atoms with Crippen LogP contribution < -0.4 is 0 Å². The molecule has 1 aromatic carbocycles. The third-order valence-corrected chi connectivity index (χ3v) is 3.68. The first-order chi connectivity index (χ1) is 9.16. The Morgan fingerprint density at radius 1 is 1.32 bits per heavy atom. The number of hydrogen-bond donors (Lipinski definition) is 1. The summed E-state index contributed by atoms with van der Waals surface area (Å²) in [7, 11) is 0. The molecule has 4 heteroatoms. The maximum absolute atomic E-state index is 10.9. The van der Waals surface area contributed by atoms with Crippen molar-refractivity contribution in [3.63, 3.8) is 0 Å². The summed E-state index contributed by atoms with van der Waals surface area (Å²) in [5.41, 5.74) is 3.06. The lowest BCUT2D eigenvalue weighted by Gasteiger charge is -2.10. The molecule has 19 heavy (non-hydrogen) atoms. The summed E-state index contributed by atoms with van der Waals surface area (Å²) in [6.07, 6.45) is 4.29. The van der Waals surface area contributed by atoms with Crippen LogP contribution in [0, 0.1) is 0 Å². The van der Waals surface area contributed by atoms with Crippen LogP contribution in [0.1, 0.15) is 42.9 Å².